The van der Waals surface area contributed by atoms with E-state index in [4.69, 9.17) is 10.5 Å². The summed E-state index contributed by atoms with van der Waals surface area (Å²) >= 11 is 5.12. The van der Waals surface area contributed by atoms with Gasteiger partial charge in [-0.1, -0.05) is 18.2 Å². The molecule has 2 rings (SSSR count). The van der Waals surface area contributed by atoms with Gasteiger partial charge < -0.3 is 10.5 Å². The second-order valence-corrected chi connectivity index (χ2v) is 6.37. The average Bonchev–Trinajstić information content (AvgIpc) is 2.73. The van der Waals surface area contributed by atoms with Gasteiger partial charge in [0.1, 0.15) is 12.4 Å². The predicted octanol–water partition coefficient (Wildman–Crippen LogP) is 4.11. The second kappa shape index (κ2) is 5.67. The van der Waals surface area contributed by atoms with Crippen LogP contribution >= 0.6 is 27.3 Å². The van der Waals surface area contributed by atoms with Crippen molar-refractivity contribution < 1.29 is 4.74 Å². The molecule has 2 nitrogen and oxygen atoms in total. The number of halogens is 1. The minimum atomic E-state index is -0.0127. The van der Waals surface area contributed by atoms with Gasteiger partial charge in [-0.2, -0.15) is 0 Å². The van der Waals surface area contributed by atoms with Crippen molar-refractivity contribution >= 4 is 27.3 Å². The van der Waals surface area contributed by atoms with Crippen LogP contribution < -0.4 is 10.5 Å². The first kappa shape index (κ1) is 12.6. The Kier molecular flexibility index (Phi) is 4.20. The molecule has 1 heterocycles. The van der Waals surface area contributed by atoms with Crippen LogP contribution in [-0.2, 0) is 6.61 Å². The maximum absolute atomic E-state index is 5.90. The molecule has 90 valence electrons. The Morgan fingerprint density at radius 2 is 2.06 bits per heavy atom. The molecule has 0 fully saturated rings. The van der Waals surface area contributed by atoms with Crippen LogP contribution in [0.25, 0.3) is 0 Å². The predicted molar refractivity (Wildman–Crippen MR) is 75.4 cm³/mol. The summed E-state index contributed by atoms with van der Waals surface area (Å²) in [5.41, 5.74) is 6.95. The van der Waals surface area contributed by atoms with Crippen molar-refractivity contribution in [1.82, 2.24) is 0 Å². The SMILES string of the molecule is C[C@@H](N)c1ccccc1OCc1ccc(Br)s1. The molecular weight excluding hydrogens is 298 g/mol. The van der Waals surface area contributed by atoms with Gasteiger partial charge in [-0.25, -0.2) is 0 Å². The minimum Gasteiger partial charge on any atom is -0.488 e. The molecule has 1 aromatic heterocycles. The number of thiophene rings is 1. The highest BCUT2D eigenvalue weighted by molar-refractivity contribution is 9.11. The second-order valence-electron chi connectivity index (χ2n) is 3.82. The normalized spacial score (nSPS) is 12.4. The summed E-state index contributed by atoms with van der Waals surface area (Å²) in [6, 6.07) is 12.0. The fraction of sp³-hybridized carbons (Fsp3) is 0.231. The lowest BCUT2D eigenvalue weighted by Crippen LogP contribution is -2.07. The highest BCUT2D eigenvalue weighted by Crippen LogP contribution is 2.26. The monoisotopic (exact) mass is 311 g/mol. The van der Waals surface area contributed by atoms with E-state index in [1.807, 2.05) is 37.3 Å². The number of nitrogens with two attached hydrogens (primary N) is 1. The largest absolute Gasteiger partial charge is 0.488 e. The lowest BCUT2D eigenvalue weighted by molar-refractivity contribution is 0.305. The summed E-state index contributed by atoms with van der Waals surface area (Å²) in [6.07, 6.45) is 0. The molecule has 2 N–H and O–H groups in total. The first-order valence-corrected chi connectivity index (χ1v) is 6.99. The van der Waals surface area contributed by atoms with E-state index in [0.717, 1.165) is 15.1 Å². The van der Waals surface area contributed by atoms with Crippen LogP contribution in [0.5, 0.6) is 5.75 Å². The molecule has 0 aliphatic carbocycles. The summed E-state index contributed by atoms with van der Waals surface area (Å²) in [6.45, 7) is 2.55. The molecule has 0 saturated heterocycles. The highest BCUT2D eigenvalue weighted by Gasteiger charge is 2.07. The van der Waals surface area contributed by atoms with Crippen molar-refractivity contribution in [2.24, 2.45) is 5.73 Å². The van der Waals surface area contributed by atoms with Crippen LogP contribution in [0.2, 0.25) is 0 Å². The summed E-state index contributed by atoms with van der Waals surface area (Å²) in [5, 5.41) is 0. The van der Waals surface area contributed by atoms with E-state index in [1.165, 1.54) is 4.88 Å². The van der Waals surface area contributed by atoms with Gasteiger partial charge in [0.05, 0.1) is 3.79 Å². The lowest BCUT2D eigenvalue weighted by Gasteiger charge is -2.13. The number of rotatable bonds is 4. The van der Waals surface area contributed by atoms with Crippen molar-refractivity contribution in [1.29, 1.82) is 0 Å². The van der Waals surface area contributed by atoms with E-state index < -0.39 is 0 Å². The Morgan fingerprint density at radius 3 is 2.71 bits per heavy atom. The summed E-state index contributed by atoms with van der Waals surface area (Å²) in [5.74, 6) is 0.868. The smallest absolute Gasteiger partial charge is 0.124 e. The molecule has 0 bridgehead atoms. The molecule has 0 aliphatic heterocycles. The molecule has 1 atom stereocenters. The number of ether oxygens (including phenoxy) is 1. The van der Waals surface area contributed by atoms with Crippen LogP contribution in [0.3, 0.4) is 0 Å². The number of hydrogen-bond acceptors (Lipinski definition) is 3. The fourth-order valence-electron chi connectivity index (χ4n) is 1.57. The van der Waals surface area contributed by atoms with Gasteiger partial charge in [-0.15, -0.1) is 11.3 Å². The van der Waals surface area contributed by atoms with Crippen LogP contribution in [0.4, 0.5) is 0 Å². The third-order valence-electron chi connectivity index (χ3n) is 2.41. The van der Waals surface area contributed by atoms with Crippen molar-refractivity contribution in [3.63, 3.8) is 0 Å². The molecule has 0 radical (unpaired) electrons. The lowest BCUT2D eigenvalue weighted by atomic mass is 10.1. The van der Waals surface area contributed by atoms with E-state index in [9.17, 15) is 0 Å². The summed E-state index contributed by atoms with van der Waals surface area (Å²) in [7, 11) is 0. The Labute approximate surface area is 114 Å². The van der Waals surface area contributed by atoms with E-state index in [0.29, 0.717) is 6.61 Å². The molecule has 17 heavy (non-hydrogen) atoms. The van der Waals surface area contributed by atoms with Crippen molar-refractivity contribution in [2.45, 2.75) is 19.6 Å². The van der Waals surface area contributed by atoms with Gasteiger partial charge in [0.15, 0.2) is 0 Å². The van der Waals surface area contributed by atoms with Gasteiger partial charge >= 0.3 is 0 Å². The van der Waals surface area contributed by atoms with Gasteiger partial charge in [-0.05, 0) is 41.1 Å². The van der Waals surface area contributed by atoms with Crippen molar-refractivity contribution in [2.75, 3.05) is 0 Å². The Balaban J connectivity index is 2.08. The first-order chi connectivity index (χ1) is 8.16. The van der Waals surface area contributed by atoms with E-state index >= 15 is 0 Å². The Morgan fingerprint density at radius 1 is 1.29 bits per heavy atom. The van der Waals surface area contributed by atoms with E-state index in [1.54, 1.807) is 11.3 Å². The molecular formula is C13H14BrNOS. The van der Waals surface area contributed by atoms with E-state index in [2.05, 4.69) is 22.0 Å². The van der Waals surface area contributed by atoms with E-state index in [-0.39, 0.29) is 6.04 Å². The molecule has 0 unspecified atom stereocenters. The van der Waals surface area contributed by atoms with Crippen molar-refractivity contribution in [3.8, 4) is 5.75 Å². The number of benzene rings is 1. The molecule has 0 amide bonds. The average molecular weight is 312 g/mol. The third kappa shape index (κ3) is 3.31. The number of hydrogen-bond donors (Lipinski definition) is 1. The Bertz CT molecular complexity index is 496. The van der Waals surface area contributed by atoms with Gasteiger partial charge in [0.2, 0.25) is 0 Å². The topological polar surface area (TPSA) is 35.2 Å². The van der Waals surface area contributed by atoms with Crippen molar-refractivity contribution in [3.05, 3.63) is 50.6 Å². The first-order valence-electron chi connectivity index (χ1n) is 5.38. The zero-order chi connectivity index (χ0) is 12.3. The molecule has 0 saturated carbocycles. The van der Waals surface area contributed by atoms with Crippen LogP contribution in [0.1, 0.15) is 23.4 Å². The Hall–Kier alpha value is -0.840. The maximum Gasteiger partial charge on any atom is 0.124 e. The summed E-state index contributed by atoms with van der Waals surface area (Å²) < 4.78 is 6.93. The van der Waals surface area contributed by atoms with Gasteiger partial charge in [-0.3, -0.25) is 0 Å². The molecule has 1 aromatic carbocycles. The van der Waals surface area contributed by atoms with Crippen LogP contribution in [0, 0.1) is 0 Å². The van der Waals surface area contributed by atoms with Crippen LogP contribution in [-0.4, -0.2) is 0 Å². The highest BCUT2D eigenvalue weighted by atomic mass is 79.9. The molecule has 0 aliphatic rings. The molecule has 0 spiro atoms. The fourth-order valence-corrected chi connectivity index (χ4v) is 2.96. The third-order valence-corrected chi connectivity index (χ3v) is 4.01. The quantitative estimate of drug-likeness (QED) is 0.922. The molecule has 4 heteroatoms. The summed E-state index contributed by atoms with van der Waals surface area (Å²) in [4.78, 5) is 1.19. The molecule has 2 aromatic rings. The minimum absolute atomic E-state index is 0.0127. The zero-order valence-electron chi connectivity index (χ0n) is 9.52. The van der Waals surface area contributed by atoms with Gasteiger partial charge in [0.25, 0.3) is 0 Å². The number of para-hydroxylation sites is 1. The maximum atomic E-state index is 5.90. The van der Waals surface area contributed by atoms with Crippen LogP contribution in [0.15, 0.2) is 40.2 Å². The van der Waals surface area contributed by atoms with Gasteiger partial charge in [0, 0.05) is 16.5 Å². The zero-order valence-corrected chi connectivity index (χ0v) is 11.9. The standard InChI is InChI=1S/C13H14BrNOS/c1-9(15)11-4-2-3-5-12(11)16-8-10-6-7-13(14)17-10/h2-7,9H,8,15H2,1H3/t9-/m1/s1.